The molecule has 4 unspecified atom stereocenters. The fourth-order valence-electron chi connectivity index (χ4n) is 4.54. The van der Waals surface area contributed by atoms with Gasteiger partial charge in [0.1, 0.15) is 0 Å². The first kappa shape index (κ1) is 15.3. The summed E-state index contributed by atoms with van der Waals surface area (Å²) >= 11 is 0. The van der Waals surface area contributed by atoms with Crippen molar-refractivity contribution in [3.63, 3.8) is 0 Å². The third kappa shape index (κ3) is 3.52. The van der Waals surface area contributed by atoms with Crippen molar-refractivity contribution in [1.29, 1.82) is 0 Å². The van der Waals surface area contributed by atoms with E-state index in [1.165, 1.54) is 45.2 Å². The fraction of sp³-hybridized carbons (Fsp3) is 1.00. The number of nitrogens with zero attached hydrogens (tertiary/aromatic N) is 2. The van der Waals surface area contributed by atoms with E-state index < -0.39 is 0 Å². The van der Waals surface area contributed by atoms with Crippen molar-refractivity contribution in [3.05, 3.63) is 0 Å². The molecule has 0 aromatic carbocycles. The predicted molar refractivity (Wildman–Crippen MR) is 82.9 cm³/mol. The lowest BCUT2D eigenvalue weighted by Gasteiger charge is -2.51. The van der Waals surface area contributed by atoms with Gasteiger partial charge in [0.05, 0.1) is 0 Å². The van der Waals surface area contributed by atoms with E-state index in [2.05, 4.69) is 44.6 Å². The Balaban J connectivity index is 2.06. The van der Waals surface area contributed by atoms with Crippen LogP contribution in [0.4, 0.5) is 0 Å². The molecule has 4 atom stereocenters. The Morgan fingerprint density at radius 2 is 1.26 bits per heavy atom. The van der Waals surface area contributed by atoms with E-state index in [4.69, 9.17) is 0 Å². The topological polar surface area (TPSA) is 6.48 Å². The summed E-state index contributed by atoms with van der Waals surface area (Å²) in [6, 6.07) is 1.46. The van der Waals surface area contributed by atoms with Gasteiger partial charge in [0.2, 0.25) is 0 Å². The van der Waals surface area contributed by atoms with E-state index in [1.54, 1.807) is 0 Å². The smallest absolute Gasteiger partial charge is 0.0223 e. The fourth-order valence-corrected chi connectivity index (χ4v) is 4.54. The maximum absolute atomic E-state index is 2.74. The molecule has 2 aliphatic rings. The van der Waals surface area contributed by atoms with Crippen LogP contribution in [-0.2, 0) is 0 Å². The van der Waals surface area contributed by atoms with Crippen LogP contribution in [0.3, 0.4) is 0 Å². The lowest BCUT2D eigenvalue weighted by molar-refractivity contribution is -0.142. The maximum atomic E-state index is 2.74. The monoisotopic (exact) mass is 266 g/mol. The minimum absolute atomic E-state index is 0.729. The minimum atomic E-state index is 0.729. The quantitative estimate of drug-likeness (QED) is 0.756. The molecular formula is C17H34N2. The molecule has 0 amide bonds. The van der Waals surface area contributed by atoms with Crippen LogP contribution in [0.25, 0.3) is 0 Å². The summed E-state index contributed by atoms with van der Waals surface area (Å²) < 4.78 is 0. The number of piperidine rings is 2. The number of hydrogen-bond donors (Lipinski definition) is 0. The van der Waals surface area contributed by atoms with E-state index in [0.29, 0.717) is 0 Å². The normalized spacial score (nSPS) is 42.5. The predicted octanol–water partition coefficient (Wildman–Crippen LogP) is 4.17. The van der Waals surface area contributed by atoms with Crippen molar-refractivity contribution in [1.82, 2.24) is 10.0 Å². The first-order valence-corrected chi connectivity index (χ1v) is 8.58. The lowest BCUT2D eigenvalue weighted by Crippen LogP contribution is -2.59. The highest BCUT2D eigenvalue weighted by atomic mass is 15.6. The molecule has 0 aromatic rings. The van der Waals surface area contributed by atoms with Crippen LogP contribution < -0.4 is 0 Å². The standard InChI is InChI=1S/C17H34N2/c1-6-16-10-17(7-2)12-18(11-16)19-14(4)8-13(3)9-15(19)5/h13-17H,6-12H2,1-5H3. The van der Waals surface area contributed by atoms with Crippen molar-refractivity contribution < 1.29 is 0 Å². The zero-order valence-corrected chi connectivity index (χ0v) is 13.7. The largest absolute Gasteiger partial charge is 0.241 e. The Morgan fingerprint density at radius 3 is 1.68 bits per heavy atom. The SMILES string of the molecule is CCC1CC(CC)CN(N2C(C)CC(C)CC2C)C1. The molecule has 0 radical (unpaired) electrons. The first-order valence-electron chi connectivity index (χ1n) is 8.58. The molecule has 0 spiro atoms. The molecule has 2 saturated heterocycles. The van der Waals surface area contributed by atoms with Gasteiger partial charge < -0.3 is 0 Å². The Labute approximate surface area is 120 Å². The highest BCUT2D eigenvalue weighted by Gasteiger charge is 2.36. The van der Waals surface area contributed by atoms with Crippen molar-refractivity contribution in [2.75, 3.05) is 13.1 Å². The van der Waals surface area contributed by atoms with E-state index in [-0.39, 0.29) is 0 Å². The van der Waals surface area contributed by atoms with Gasteiger partial charge in [-0.3, -0.25) is 0 Å². The second-order valence-corrected chi connectivity index (χ2v) is 7.31. The van der Waals surface area contributed by atoms with E-state index >= 15 is 0 Å². The van der Waals surface area contributed by atoms with Crippen molar-refractivity contribution in [2.45, 2.75) is 78.8 Å². The van der Waals surface area contributed by atoms with Crippen LogP contribution in [0.1, 0.15) is 66.7 Å². The maximum Gasteiger partial charge on any atom is 0.0223 e. The minimum Gasteiger partial charge on any atom is -0.241 e. The Morgan fingerprint density at radius 1 is 0.789 bits per heavy atom. The number of hydrazine groups is 1. The van der Waals surface area contributed by atoms with Crippen LogP contribution in [0.15, 0.2) is 0 Å². The molecule has 2 fully saturated rings. The molecule has 0 bridgehead atoms. The van der Waals surface area contributed by atoms with Gasteiger partial charge in [-0.25, -0.2) is 10.0 Å². The van der Waals surface area contributed by atoms with Gasteiger partial charge in [-0.15, -0.1) is 0 Å². The third-order valence-electron chi connectivity index (χ3n) is 5.48. The van der Waals surface area contributed by atoms with Crippen LogP contribution in [0.5, 0.6) is 0 Å². The molecule has 0 N–H and O–H groups in total. The molecule has 0 aromatic heterocycles. The van der Waals surface area contributed by atoms with E-state index in [0.717, 1.165) is 29.8 Å². The summed E-state index contributed by atoms with van der Waals surface area (Å²) in [7, 11) is 0. The summed E-state index contributed by atoms with van der Waals surface area (Å²) in [5.74, 6) is 2.73. The molecule has 2 heteroatoms. The van der Waals surface area contributed by atoms with Gasteiger partial charge in [-0.2, -0.15) is 0 Å². The van der Waals surface area contributed by atoms with E-state index in [1.807, 2.05) is 0 Å². The molecular weight excluding hydrogens is 232 g/mol. The van der Waals surface area contributed by atoms with Gasteiger partial charge >= 0.3 is 0 Å². The summed E-state index contributed by atoms with van der Waals surface area (Å²) in [6.45, 7) is 14.6. The van der Waals surface area contributed by atoms with Crippen molar-refractivity contribution >= 4 is 0 Å². The average Bonchev–Trinajstić information content (AvgIpc) is 2.37. The Hall–Kier alpha value is -0.0800. The van der Waals surface area contributed by atoms with Crippen molar-refractivity contribution in [3.8, 4) is 0 Å². The number of rotatable bonds is 3. The van der Waals surface area contributed by atoms with Gasteiger partial charge in [0.15, 0.2) is 0 Å². The lowest BCUT2D eigenvalue weighted by atomic mass is 9.85. The van der Waals surface area contributed by atoms with Gasteiger partial charge in [0.25, 0.3) is 0 Å². The molecule has 2 aliphatic heterocycles. The second-order valence-electron chi connectivity index (χ2n) is 7.31. The van der Waals surface area contributed by atoms with Crippen LogP contribution >= 0.6 is 0 Å². The Bertz CT molecular complexity index is 254. The molecule has 112 valence electrons. The second kappa shape index (κ2) is 6.58. The molecule has 0 saturated carbocycles. The summed E-state index contributed by atoms with van der Waals surface area (Å²) in [4.78, 5) is 0. The molecule has 2 rings (SSSR count). The number of hydrogen-bond acceptors (Lipinski definition) is 2. The Kier molecular flexibility index (Phi) is 5.30. The van der Waals surface area contributed by atoms with Crippen LogP contribution in [0, 0.1) is 17.8 Å². The van der Waals surface area contributed by atoms with Gasteiger partial charge in [0, 0.05) is 25.2 Å². The summed E-state index contributed by atoms with van der Waals surface area (Å²) in [5, 5.41) is 5.47. The first-order chi connectivity index (χ1) is 9.05. The van der Waals surface area contributed by atoms with Crippen LogP contribution in [0.2, 0.25) is 0 Å². The highest BCUT2D eigenvalue weighted by molar-refractivity contribution is 4.85. The van der Waals surface area contributed by atoms with Crippen LogP contribution in [-0.4, -0.2) is 35.2 Å². The average molecular weight is 266 g/mol. The summed E-state index contributed by atoms with van der Waals surface area (Å²) in [6.07, 6.45) is 6.89. The molecule has 19 heavy (non-hydrogen) atoms. The molecule has 2 nitrogen and oxygen atoms in total. The summed E-state index contributed by atoms with van der Waals surface area (Å²) in [5.41, 5.74) is 0. The third-order valence-corrected chi connectivity index (χ3v) is 5.48. The van der Waals surface area contributed by atoms with Crippen molar-refractivity contribution in [2.24, 2.45) is 17.8 Å². The van der Waals surface area contributed by atoms with Gasteiger partial charge in [-0.05, 0) is 50.9 Å². The zero-order chi connectivity index (χ0) is 14.0. The van der Waals surface area contributed by atoms with E-state index in [9.17, 15) is 0 Å². The highest BCUT2D eigenvalue weighted by Crippen LogP contribution is 2.33. The molecule has 0 aliphatic carbocycles. The molecule has 2 heterocycles. The zero-order valence-electron chi connectivity index (χ0n) is 13.7. The van der Waals surface area contributed by atoms with Gasteiger partial charge in [-0.1, -0.05) is 33.6 Å².